The molecular weight excluding hydrogens is 454 g/mol. The third-order valence-corrected chi connectivity index (χ3v) is 5.70. The molecule has 1 N–H and O–H groups in total. The average molecular weight is 468 g/mol. The van der Waals surface area contributed by atoms with E-state index in [-0.39, 0.29) is 6.04 Å². The Kier molecular flexibility index (Phi) is 5.66. The number of hydrogen-bond donors (Lipinski definition) is 1. The fraction of sp³-hybridized carbons (Fsp3) is 0.286. The van der Waals surface area contributed by atoms with Gasteiger partial charge in [-0.05, 0) is 64.8 Å². The molecule has 0 saturated carbocycles. The summed E-state index contributed by atoms with van der Waals surface area (Å²) in [6.07, 6.45) is 0. The highest BCUT2D eigenvalue weighted by atomic mass is 79.9. The zero-order valence-electron chi connectivity index (χ0n) is 10.6. The Morgan fingerprint density at radius 1 is 1.16 bits per heavy atom. The number of aryl methyl sites for hydroxylation is 1. The van der Waals surface area contributed by atoms with E-state index in [1.54, 1.807) is 11.3 Å². The third-order valence-electron chi connectivity index (χ3n) is 2.91. The van der Waals surface area contributed by atoms with Gasteiger partial charge in [-0.25, -0.2) is 0 Å². The highest BCUT2D eigenvalue weighted by Crippen LogP contribution is 2.37. The van der Waals surface area contributed by atoms with Crippen molar-refractivity contribution in [2.45, 2.75) is 19.9 Å². The summed E-state index contributed by atoms with van der Waals surface area (Å²) in [6.45, 7) is 5.23. The van der Waals surface area contributed by atoms with Crippen LogP contribution in [0.15, 0.2) is 37.0 Å². The number of halogens is 3. The van der Waals surface area contributed by atoms with Crippen LogP contribution in [0.4, 0.5) is 0 Å². The molecule has 2 rings (SSSR count). The molecule has 1 aromatic heterocycles. The minimum absolute atomic E-state index is 0.208. The predicted molar refractivity (Wildman–Crippen MR) is 94.1 cm³/mol. The number of benzene rings is 1. The Bertz CT molecular complexity index is 580. The Morgan fingerprint density at radius 2 is 1.89 bits per heavy atom. The largest absolute Gasteiger partial charge is 0.306 e. The van der Waals surface area contributed by atoms with Crippen LogP contribution in [0.3, 0.4) is 0 Å². The zero-order valence-corrected chi connectivity index (χ0v) is 16.2. The molecule has 0 amide bonds. The second-order valence-corrected chi connectivity index (χ2v) is 8.62. The summed E-state index contributed by atoms with van der Waals surface area (Å²) < 4.78 is 3.40. The van der Waals surface area contributed by atoms with Gasteiger partial charge in [0.1, 0.15) is 0 Å². The van der Waals surface area contributed by atoms with E-state index in [9.17, 15) is 0 Å². The summed E-state index contributed by atoms with van der Waals surface area (Å²) in [6, 6.07) is 8.72. The Labute approximate surface area is 143 Å². The fourth-order valence-electron chi connectivity index (χ4n) is 2.07. The zero-order chi connectivity index (χ0) is 14.0. The summed E-state index contributed by atoms with van der Waals surface area (Å²) in [4.78, 5) is 1.34. The number of nitrogens with one attached hydrogen (secondary N) is 1. The van der Waals surface area contributed by atoms with Gasteiger partial charge in [-0.15, -0.1) is 11.3 Å². The molecule has 5 heteroatoms. The summed E-state index contributed by atoms with van der Waals surface area (Å²) in [5.74, 6) is 0. The maximum atomic E-state index is 3.66. The van der Waals surface area contributed by atoms with E-state index in [2.05, 4.69) is 85.2 Å². The van der Waals surface area contributed by atoms with E-state index in [4.69, 9.17) is 0 Å². The second kappa shape index (κ2) is 6.85. The SMILES string of the molecule is CCNC(c1cc(Br)ccc1Br)c1cc(Br)sc1C. The molecule has 19 heavy (non-hydrogen) atoms. The van der Waals surface area contributed by atoms with Gasteiger partial charge in [-0.1, -0.05) is 38.8 Å². The first-order chi connectivity index (χ1) is 9.02. The molecule has 0 bridgehead atoms. The molecule has 0 fully saturated rings. The van der Waals surface area contributed by atoms with E-state index in [1.807, 2.05) is 6.07 Å². The van der Waals surface area contributed by atoms with Gasteiger partial charge in [-0.2, -0.15) is 0 Å². The Balaban J connectivity index is 2.51. The van der Waals surface area contributed by atoms with Gasteiger partial charge < -0.3 is 5.32 Å². The van der Waals surface area contributed by atoms with Gasteiger partial charge in [0, 0.05) is 13.8 Å². The molecule has 0 aliphatic heterocycles. The lowest BCUT2D eigenvalue weighted by molar-refractivity contribution is 0.627. The van der Waals surface area contributed by atoms with Gasteiger partial charge in [0.25, 0.3) is 0 Å². The van der Waals surface area contributed by atoms with Crippen LogP contribution in [0.1, 0.15) is 29.0 Å². The topological polar surface area (TPSA) is 12.0 Å². The summed E-state index contributed by atoms with van der Waals surface area (Å²) >= 11 is 12.6. The van der Waals surface area contributed by atoms with Gasteiger partial charge in [-0.3, -0.25) is 0 Å². The van der Waals surface area contributed by atoms with E-state index in [1.165, 1.54) is 19.8 Å². The molecule has 2 aromatic rings. The maximum Gasteiger partial charge on any atom is 0.0704 e. The van der Waals surface area contributed by atoms with Crippen molar-refractivity contribution in [3.05, 3.63) is 53.0 Å². The van der Waals surface area contributed by atoms with Crippen LogP contribution in [0.2, 0.25) is 0 Å². The average Bonchev–Trinajstić information content (AvgIpc) is 2.69. The van der Waals surface area contributed by atoms with Crippen LogP contribution in [0, 0.1) is 6.92 Å². The minimum atomic E-state index is 0.208. The van der Waals surface area contributed by atoms with Crippen LogP contribution < -0.4 is 5.32 Å². The van der Waals surface area contributed by atoms with Gasteiger partial charge in [0.15, 0.2) is 0 Å². The van der Waals surface area contributed by atoms with Crippen LogP contribution in [-0.4, -0.2) is 6.54 Å². The van der Waals surface area contributed by atoms with Crippen molar-refractivity contribution in [1.29, 1.82) is 0 Å². The van der Waals surface area contributed by atoms with Gasteiger partial charge >= 0.3 is 0 Å². The summed E-state index contributed by atoms with van der Waals surface area (Å²) in [5, 5.41) is 3.57. The first kappa shape index (κ1) is 15.7. The predicted octanol–water partition coefficient (Wildman–Crippen LogP) is 6.04. The van der Waals surface area contributed by atoms with Crippen LogP contribution >= 0.6 is 59.1 Å². The standard InChI is InChI=1S/C14H14Br3NS/c1-3-18-14(10-7-13(17)19-8(10)2)11-6-9(15)4-5-12(11)16/h4-7,14,18H,3H2,1-2H3. The number of thiophene rings is 1. The molecule has 1 heterocycles. The van der Waals surface area contributed by atoms with Crippen LogP contribution in [0.5, 0.6) is 0 Å². The van der Waals surface area contributed by atoms with Crippen molar-refractivity contribution in [3.8, 4) is 0 Å². The third kappa shape index (κ3) is 3.70. The van der Waals surface area contributed by atoms with E-state index in [0.29, 0.717) is 0 Å². The smallest absolute Gasteiger partial charge is 0.0704 e. The molecular formula is C14H14Br3NS. The first-order valence-electron chi connectivity index (χ1n) is 5.97. The molecule has 1 nitrogen and oxygen atoms in total. The Morgan fingerprint density at radius 3 is 2.47 bits per heavy atom. The molecule has 1 unspecified atom stereocenters. The molecule has 0 spiro atoms. The molecule has 0 radical (unpaired) electrons. The maximum absolute atomic E-state index is 3.66. The van der Waals surface area contributed by atoms with Crippen LogP contribution in [-0.2, 0) is 0 Å². The quantitative estimate of drug-likeness (QED) is 0.577. The fourth-order valence-corrected chi connectivity index (χ4v) is 4.67. The van der Waals surface area contributed by atoms with Gasteiger partial charge in [0.05, 0.1) is 9.83 Å². The Hall–Kier alpha value is 0.320. The normalized spacial score (nSPS) is 12.7. The van der Waals surface area contributed by atoms with Crippen molar-refractivity contribution in [3.63, 3.8) is 0 Å². The lowest BCUT2D eigenvalue weighted by Gasteiger charge is -2.20. The van der Waals surface area contributed by atoms with E-state index < -0.39 is 0 Å². The number of hydrogen-bond acceptors (Lipinski definition) is 2. The molecule has 1 atom stereocenters. The van der Waals surface area contributed by atoms with Crippen molar-refractivity contribution in [1.82, 2.24) is 5.32 Å². The highest BCUT2D eigenvalue weighted by Gasteiger charge is 2.20. The highest BCUT2D eigenvalue weighted by molar-refractivity contribution is 9.11. The van der Waals surface area contributed by atoms with Crippen molar-refractivity contribution in [2.24, 2.45) is 0 Å². The van der Waals surface area contributed by atoms with E-state index >= 15 is 0 Å². The first-order valence-corrected chi connectivity index (χ1v) is 9.16. The van der Waals surface area contributed by atoms with E-state index in [0.717, 1.165) is 15.5 Å². The van der Waals surface area contributed by atoms with Crippen molar-refractivity contribution in [2.75, 3.05) is 6.54 Å². The molecule has 0 aliphatic rings. The molecule has 0 saturated heterocycles. The minimum Gasteiger partial charge on any atom is -0.306 e. The van der Waals surface area contributed by atoms with Crippen molar-refractivity contribution >= 4 is 59.1 Å². The summed E-state index contributed by atoms with van der Waals surface area (Å²) in [5.41, 5.74) is 2.59. The molecule has 0 aliphatic carbocycles. The van der Waals surface area contributed by atoms with Crippen molar-refractivity contribution < 1.29 is 0 Å². The summed E-state index contributed by atoms with van der Waals surface area (Å²) in [7, 11) is 0. The molecule has 1 aromatic carbocycles. The lowest BCUT2D eigenvalue weighted by Crippen LogP contribution is -2.22. The van der Waals surface area contributed by atoms with Crippen LogP contribution in [0.25, 0.3) is 0 Å². The van der Waals surface area contributed by atoms with Gasteiger partial charge in [0.2, 0.25) is 0 Å². The number of rotatable bonds is 4. The monoisotopic (exact) mass is 465 g/mol. The molecule has 102 valence electrons. The lowest BCUT2D eigenvalue weighted by atomic mass is 9.99. The second-order valence-electron chi connectivity index (χ2n) is 4.22.